The molecule has 0 unspecified atom stereocenters. The number of nitrogens with one attached hydrogen (secondary N) is 2. The van der Waals surface area contributed by atoms with Gasteiger partial charge in [0.2, 0.25) is 0 Å². The Balaban J connectivity index is 2.29. The van der Waals surface area contributed by atoms with Gasteiger partial charge in [-0.2, -0.15) is 0 Å². The number of benzene rings is 1. The van der Waals surface area contributed by atoms with Crippen LogP contribution in [0.25, 0.3) is 0 Å². The molecule has 0 heterocycles. The lowest BCUT2D eigenvalue weighted by molar-refractivity contribution is -0.135. The molecule has 0 amide bonds. The van der Waals surface area contributed by atoms with E-state index in [1.54, 1.807) is 0 Å². The lowest BCUT2D eigenvalue weighted by atomic mass is 10.3. The van der Waals surface area contributed by atoms with Crippen LogP contribution < -0.4 is 10.9 Å². The zero-order valence-corrected chi connectivity index (χ0v) is 6.45. The van der Waals surface area contributed by atoms with Crippen molar-refractivity contribution >= 4 is 11.7 Å². The van der Waals surface area contributed by atoms with Crippen LogP contribution in [0, 0.1) is 0 Å². The smallest absolute Gasteiger partial charge is 0.319 e. The van der Waals surface area contributed by atoms with Crippen molar-refractivity contribution in [2.24, 2.45) is 0 Å². The topological polar surface area (TPSA) is 61.4 Å². The molecule has 0 radical (unpaired) electrons. The number of hydrogen-bond acceptors (Lipinski definition) is 3. The molecular formula is C8H10N2O2. The van der Waals surface area contributed by atoms with E-state index in [0.717, 1.165) is 5.69 Å². The normalized spacial score (nSPS) is 9.33. The highest BCUT2D eigenvalue weighted by atomic mass is 16.4. The summed E-state index contributed by atoms with van der Waals surface area (Å²) in [4.78, 5) is 10.1. The Morgan fingerprint density at radius 2 is 2.00 bits per heavy atom. The van der Waals surface area contributed by atoms with Crippen LogP contribution in [0.1, 0.15) is 0 Å². The van der Waals surface area contributed by atoms with Gasteiger partial charge in [-0.15, -0.1) is 0 Å². The Morgan fingerprint density at radius 1 is 1.33 bits per heavy atom. The van der Waals surface area contributed by atoms with Crippen molar-refractivity contribution in [3.8, 4) is 0 Å². The van der Waals surface area contributed by atoms with E-state index >= 15 is 0 Å². The predicted molar refractivity (Wildman–Crippen MR) is 45.7 cm³/mol. The first-order valence-electron chi connectivity index (χ1n) is 3.55. The average molecular weight is 166 g/mol. The lowest BCUT2D eigenvalue weighted by Crippen LogP contribution is -2.27. The first-order chi connectivity index (χ1) is 5.79. The molecule has 64 valence electrons. The van der Waals surface area contributed by atoms with E-state index in [4.69, 9.17) is 5.11 Å². The molecule has 12 heavy (non-hydrogen) atoms. The van der Waals surface area contributed by atoms with Crippen molar-refractivity contribution < 1.29 is 9.90 Å². The van der Waals surface area contributed by atoms with Crippen molar-refractivity contribution in [3.63, 3.8) is 0 Å². The second-order valence-corrected chi connectivity index (χ2v) is 2.24. The van der Waals surface area contributed by atoms with Crippen molar-refractivity contribution in [2.45, 2.75) is 0 Å². The number of aliphatic carboxylic acids is 1. The van der Waals surface area contributed by atoms with Gasteiger partial charge >= 0.3 is 5.97 Å². The molecule has 0 saturated heterocycles. The molecule has 4 heteroatoms. The first-order valence-corrected chi connectivity index (χ1v) is 3.55. The molecule has 0 atom stereocenters. The Morgan fingerprint density at radius 3 is 2.58 bits per heavy atom. The van der Waals surface area contributed by atoms with Crippen LogP contribution in [0.5, 0.6) is 0 Å². The minimum absolute atomic E-state index is 0.102. The molecule has 0 aliphatic carbocycles. The maximum Gasteiger partial charge on any atom is 0.319 e. The number of carbonyl (C=O) groups is 1. The molecule has 1 rings (SSSR count). The molecule has 3 N–H and O–H groups in total. The van der Waals surface area contributed by atoms with E-state index < -0.39 is 5.97 Å². The summed E-state index contributed by atoms with van der Waals surface area (Å²) in [5.41, 5.74) is 6.14. The van der Waals surface area contributed by atoms with Crippen LogP contribution in [0.4, 0.5) is 5.69 Å². The molecule has 0 aliphatic rings. The Hall–Kier alpha value is -1.55. The van der Waals surface area contributed by atoms with Crippen LogP contribution in [0.2, 0.25) is 0 Å². The summed E-state index contributed by atoms with van der Waals surface area (Å²) in [7, 11) is 0. The predicted octanol–water partition coefficient (Wildman–Crippen LogP) is 0.688. The Kier molecular flexibility index (Phi) is 3.10. The summed E-state index contributed by atoms with van der Waals surface area (Å²) < 4.78 is 0. The standard InChI is InChI=1S/C8H10N2O2/c11-8(12)6-9-10-7-4-2-1-3-5-7/h1-5,9-10H,6H2,(H,11,12). The van der Waals surface area contributed by atoms with E-state index in [9.17, 15) is 4.79 Å². The monoisotopic (exact) mass is 166 g/mol. The highest BCUT2D eigenvalue weighted by Gasteiger charge is 1.93. The number of hydrazine groups is 1. The molecule has 0 spiro atoms. The van der Waals surface area contributed by atoms with Crippen LogP contribution in [0.15, 0.2) is 30.3 Å². The molecule has 0 aromatic heterocycles. The summed E-state index contributed by atoms with van der Waals surface area (Å²) >= 11 is 0. The highest BCUT2D eigenvalue weighted by molar-refractivity contribution is 5.69. The fourth-order valence-corrected chi connectivity index (χ4v) is 0.743. The third-order valence-corrected chi connectivity index (χ3v) is 1.25. The molecule has 0 aliphatic heterocycles. The van der Waals surface area contributed by atoms with Gasteiger partial charge in [0, 0.05) is 5.69 Å². The van der Waals surface area contributed by atoms with Crippen LogP contribution in [-0.2, 0) is 4.79 Å². The summed E-state index contributed by atoms with van der Waals surface area (Å²) in [5.74, 6) is -0.890. The quantitative estimate of drug-likeness (QED) is 0.576. The molecule has 4 nitrogen and oxygen atoms in total. The first kappa shape index (κ1) is 8.55. The number of anilines is 1. The number of rotatable bonds is 4. The zero-order valence-electron chi connectivity index (χ0n) is 6.45. The maximum atomic E-state index is 10.1. The average Bonchev–Trinajstić information content (AvgIpc) is 2.05. The van der Waals surface area contributed by atoms with E-state index in [-0.39, 0.29) is 6.54 Å². The van der Waals surface area contributed by atoms with Crippen molar-refractivity contribution in [1.82, 2.24) is 5.43 Å². The second-order valence-electron chi connectivity index (χ2n) is 2.24. The summed E-state index contributed by atoms with van der Waals surface area (Å²) in [6.07, 6.45) is 0. The fourth-order valence-electron chi connectivity index (χ4n) is 0.743. The fraction of sp³-hybridized carbons (Fsp3) is 0.125. The zero-order chi connectivity index (χ0) is 8.81. The van der Waals surface area contributed by atoms with E-state index in [1.165, 1.54) is 0 Å². The lowest BCUT2D eigenvalue weighted by Gasteiger charge is -2.04. The minimum atomic E-state index is -0.890. The molecule has 0 fully saturated rings. The van der Waals surface area contributed by atoms with Crippen LogP contribution in [0.3, 0.4) is 0 Å². The van der Waals surface area contributed by atoms with Gasteiger partial charge in [-0.1, -0.05) is 18.2 Å². The molecular weight excluding hydrogens is 156 g/mol. The van der Waals surface area contributed by atoms with Gasteiger partial charge in [0.1, 0.15) is 6.54 Å². The summed E-state index contributed by atoms with van der Waals surface area (Å²) in [6.45, 7) is -0.102. The van der Waals surface area contributed by atoms with Crippen molar-refractivity contribution in [2.75, 3.05) is 12.0 Å². The van der Waals surface area contributed by atoms with Gasteiger partial charge in [-0.3, -0.25) is 4.79 Å². The molecule has 1 aromatic carbocycles. The van der Waals surface area contributed by atoms with Crippen LogP contribution in [-0.4, -0.2) is 17.6 Å². The van der Waals surface area contributed by atoms with Gasteiger partial charge in [-0.25, -0.2) is 5.43 Å². The molecule has 0 bridgehead atoms. The summed E-state index contributed by atoms with van der Waals surface area (Å²) in [5, 5.41) is 8.29. The van der Waals surface area contributed by atoms with Gasteiger partial charge < -0.3 is 10.5 Å². The number of carboxylic acid groups (broad SMARTS) is 1. The SMILES string of the molecule is O=C(O)CNNc1ccccc1. The maximum absolute atomic E-state index is 10.1. The van der Waals surface area contributed by atoms with Gasteiger partial charge in [0.05, 0.1) is 0 Å². The van der Waals surface area contributed by atoms with Crippen molar-refractivity contribution in [3.05, 3.63) is 30.3 Å². The van der Waals surface area contributed by atoms with Gasteiger partial charge in [0.25, 0.3) is 0 Å². The third kappa shape index (κ3) is 3.03. The van der Waals surface area contributed by atoms with Crippen molar-refractivity contribution in [1.29, 1.82) is 0 Å². The van der Waals surface area contributed by atoms with E-state index in [1.807, 2.05) is 30.3 Å². The Labute approximate surface area is 70.2 Å². The third-order valence-electron chi connectivity index (χ3n) is 1.25. The minimum Gasteiger partial charge on any atom is -0.480 e. The van der Waals surface area contributed by atoms with E-state index in [0.29, 0.717) is 0 Å². The number of hydrogen-bond donors (Lipinski definition) is 3. The van der Waals surface area contributed by atoms with Gasteiger partial charge in [-0.05, 0) is 12.1 Å². The highest BCUT2D eigenvalue weighted by Crippen LogP contribution is 2.01. The number of para-hydroxylation sites is 1. The molecule has 1 aromatic rings. The molecule has 0 saturated carbocycles. The number of carboxylic acids is 1. The summed E-state index contributed by atoms with van der Waals surface area (Å²) in [6, 6.07) is 9.31. The van der Waals surface area contributed by atoms with Gasteiger partial charge in [0.15, 0.2) is 0 Å². The van der Waals surface area contributed by atoms with Crippen LogP contribution >= 0.6 is 0 Å². The largest absolute Gasteiger partial charge is 0.480 e. The van der Waals surface area contributed by atoms with E-state index in [2.05, 4.69) is 10.9 Å². The Bertz CT molecular complexity index is 248. The second kappa shape index (κ2) is 4.35.